The number of hydrogen-bond acceptors (Lipinski definition) is 1. The number of methoxy groups -OCH3 is 1. The molecule has 5 unspecified atom stereocenters. The standard InChI is InChI=1S/C28H48O/c1-19(2)8-7-9-20(3)24-12-13-25-23-11-10-21-18-22(29-6)14-16-27(21,4)26(23)15-17-28(24,25)5/h10,19-20,22-26H,7-9,11-18H2,1-6H3/t20?,22-,23?,24?,25?,26?,27-,28+/m1/s1. The highest BCUT2D eigenvalue weighted by Gasteiger charge is 2.59. The smallest absolute Gasteiger partial charge is 0.0608 e. The molecule has 0 N–H and O–H groups in total. The number of rotatable bonds is 6. The first-order chi connectivity index (χ1) is 13.8. The van der Waals surface area contributed by atoms with E-state index in [1.807, 2.05) is 7.11 Å². The van der Waals surface area contributed by atoms with E-state index in [9.17, 15) is 0 Å². The lowest BCUT2D eigenvalue weighted by Gasteiger charge is -2.58. The molecule has 1 heteroatoms. The molecule has 4 aliphatic rings. The van der Waals surface area contributed by atoms with Gasteiger partial charge in [-0.25, -0.2) is 0 Å². The topological polar surface area (TPSA) is 9.23 Å². The molecule has 0 saturated heterocycles. The van der Waals surface area contributed by atoms with Gasteiger partial charge in [0, 0.05) is 7.11 Å². The minimum absolute atomic E-state index is 0.472. The van der Waals surface area contributed by atoms with Crippen LogP contribution in [0.3, 0.4) is 0 Å². The molecule has 166 valence electrons. The second kappa shape index (κ2) is 8.33. The second-order valence-corrected chi connectivity index (χ2v) is 12.4. The highest BCUT2D eigenvalue weighted by molar-refractivity contribution is 5.25. The van der Waals surface area contributed by atoms with E-state index in [0.29, 0.717) is 16.9 Å². The first kappa shape index (κ1) is 21.9. The fourth-order valence-electron chi connectivity index (χ4n) is 8.85. The van der Waals surface area contributed by atoms with Gasteiger partial charge in [-0.1, -0.05) is 65.5 Å². The van der Waals surface area contributed by atoms with E-state index in [1.165, 1.54) is 70.6 Å². The molecule has 1 nitrogen and oxygen atoms in total. The van der Waals surface area contributed by atoms with Crippen LogP contribution in [0.1, 0.15) is 105 Å². The maximum absolute atomic E-state index is 5.75. The van der Waals surface area contributed by atoms with Crippen LogP contribution in [0.15, 0.2) is 11.6 Å². The number of allylic oxidation sites excluding steroid dienone is 1. The summed E-state index contributed by atoms with van der Waals surface area (Å²) in [4.78, 5) is 0. The van der Waals surface area contributed by atoms with E-state index in [-0.39, 0.29) is 0 Å². The molecule has 0 radical (unpaired) electrons. The van der Waals surface area contributed by atoms with Gasteiger partial charge in [0.15, 0.2) is 0 Å². The minimum Gasteiger partial charge on any atom is -0.381 e. The molecular formula is C28H48O. The van der Waals surface area contributed by atoms with Gasteiger partial charge in [-0.3, -0.25) is 0 Å². The van der Waals surface area contributed by atoms with Crippen molar-refractivity contribution in [1.29, 1.82) is 0 Å². The van der Waals surface area contributed by atoms with Crippen LogP contribution < -0.4 is 0 Å². The van der Waals surface area contributed by atoms with Crippen molar-refractivity contribution in [3.63, 3.8) is 0 Å². The summed E-state index contributed by atoms with van der Waals surface area (Å²) < 4.78 is 5.75. The predicted molar refractivity (Wildman–Crippen MR) is 124 cm³/mol. The maximum atomic E-state index is 5.75. The van der Waals surface area contributed by atoms with Crippen LogP contribution in [0.25, 0.3) is 0 Å². The summed E-state index contributed by atoms with van der Waals surface area (Å²) in [6.45, 7) is 12.7. The van der Waals surface area contributed by atoms with Crippen LogP contribution in [0.4, 0.5) is 0 Å². The Morgan fingerprint density at radius 1 is 1.00 bits per heavy atom. The average Bonchev–Trinajstić information content (AvgIpc) is 3.04. The van der Waals surface area contributed by atoms with Crippen LogP contribution >= 0.6 is 0 Å². The van der Waals surface area contributed by atoms with E-state index in [4.69, 9.17) is 4.74 Å². The van der Waals surface area contributed by atoms with Gasteiger partial charge < -0.3 is 4.74 Å². The Kier molecular flexibility index (Phi) is 6.29. The largest absolute Gasteiger partial charge is 0.381 e. The molecular weight excluding hydrogens is 352 g/mol. The van der Waals surface area contributed by atoms with Crippen molar-refractivity contribution in [1.82, 2.24) is 0 Å². The lowest BCUT2D eigenvalue weighted by atomic mass is 9.47. The summed E-state index contributed by atoms with van der Waals surface area (Å²) in [6.07, 6.45) is 18.7. The summed E-state index contributed by atoms with van der Waals surface area (Å²) in [7, 11) is 1.91. The summed E-state index contributed by atoms with van der Waals surface area (Å²) >= 11 is 0. The molecule has 0 heterocycles. The van der Waals surface area contributed by atoms with E-state index < -0.39 is 0 Å². The molecule has 3 saturated carbocycles. The van der Waals surface area contributed by atoms with Crippen LogP contribution in [-0.2, 0) is 4.74 Å². The van der Waals surface area contributed by atoms with Gasteiger partial charge in [-0.2, -0.15) is 0 Å². The first-order valence-electron chi connectivity index (χ1n) is 13.0. The van der Waals surface area contributed by atoms with E-state index in [1.54, 1.807) is 5.57 Å². The van der Waals surface area contributed by atoms with Crippen LogP contribution in [0, 0.1) is 46.3 Å². The predicted octanol–water partition coefficient (Wildman–Crippen LogP) is 8.04. The van der Waals surface area contributed by atoms with Crippen molar-refractivity contribution in [2.75, 3.05) is 7.11 Å². The van der Waals surface area contributed by atoms with Crippen molar-refractivity contribution < 1.29 is 4.74 Å². The molecule has 0 spiro atoms. The molecule has 3 fully saturated rings. The summed E-state index contributed by atoms with van der Waals surface area (Å²) in [5.41, 5.74) is 2.85. The van der Waals surface area contributed by atoms with Crippen LogP contribution in [0.2, 0.25) is 0 Å². The molecule has 0 amide bonds. The SMILES string of the molecule is CO[C@@H]1CC[C@]2(C)C(=CCC3C4CCC(C(C)CCCC(C)C)[C@]4(C)CCC32)C1. The molecule has 4 rings (SSSR count). The third-order valence-corrected chi connectivity index (χ3v) is 10.6. The van der Waals surface area contributed by atoms with Gasteiger partial charge in [-0.15, -0.1) is 0 Å². The summed E-state index contributed by atoms with van der Waals surface area (Å²) in [5, 5.41) is 0. The van der Waals surface area contributed by atoms with Crippen molar-refractivity contribution in [2.45, 2.75) is 111 Å². The first-order valence-corrected chi connectivity index (χ1v) is 13.0. The third-order valence-electron chi connectivity index (χ3n) is 10.6. The highest BCUT2D eigenvalue weighted by atomic mass is 16.5. The quantitative estimate of drug-likeness (QED) is 0.410. The second-order valence-electron chi connectivity index (χ2n) is 12.4. The number of hydrogen-bond donors (Lipinski definition) is 0. The third kappa shape index (κ3) is 3.77. The zero-order valence-electron chi connectivity index (χ0n) is 20.3. The summed E-state index contributed by atoms with van der Waals surface area (Å²) in [5.74, 6) is 5.63. The van der Waals surface area contributed by atoms with Crippen molar-refractivity contribution >= 4 is 0 Å². The zero-order valence-corrected chi connectivity index (χ0v) is 20.3. The Morgan fingerprint density at radius 2 is 1.79 bits per heavy atom. The normalized spacial score (nSPS) is 45.3. The number of ether oxygens (including phenoxy) is 1. The Hall–Kier alpha value is -0.300. The lowest BCUT2D eigenvalue weighted by molar-refractivity contribution is -0.0601. The Bertz CT molecular complexity index is 605. The van der Waals surface area contributed by atoms with Gasteiger partial charge >= 0.3 is 0 Å². The van der Waals surface area contributed by atoms with Gasteiger partial charge in [0.05, 0.1) is 6.10 Å². The van der Waals surface area contributed by atoms with Gasteiger partial charge in [0.25, 0.3) is 0 Å². The molecule has 0 aliphatic heterocycles. The average molecular weight is 401 g/mol. The Balaban J connectivity index is 1.48. The fourth-order valence-corrected chi connectivity index (χ4v) is 8.85. The lowest BCUT2D eigenvalue weighted by Crippen LogP contribution is -2.50. The molecule has 8 atom stereocenters. The molecule has 0 aromatic rings. The Labute approximate surface area is 181 Å². The van der Waals surface area contributed by atoms with Gasteiger partial charge in [0.1, 0.15) is 0 Å². The molecule has 0 bridgehead atoms. The highest BCUT2D eigenvalue weighted by Crippen LogP contribution is 2.67. The van der Waals surface area contributed by atoms with E-state index in [0.717, 1.165) is 35.5 Å². The van der Waals surface area contributed by atoms with E-state index >= 15 is 0 Å². The zero-order chi connectivity index (χ0) is 20.8. The maximum Gasteiger partial charge on any atom is 0.0608 e. The molecule has 0 aromatic carbocycles. The van der Waals surface area contributed by atoms with E-state index in [2.05, 4.69) is 40.7 Å². The van der Waals surface area contributed by atoms with Crippen LogP contribution in [-0.4, -0.2) is 13.2 Å². The summed E-state index contributed by atoms with van der Waals surface area (Å²) in [6, 6.07) is 0. The van der Waals surface area contributed by atoms with Crippen molar-refractivity contribution in [3.05, 3.63) is 11.6 Å². The minimum atomic E-state index is 0.472. The number of fused-ring (bicyclic) bond motifs is 5. The van der Waals surface area contributed by atoms with Gasteiger partial charge in [-0.05, 0) is 97.7 Å². The molecule has 0 aromatic heterocycles. The fraction of sp³-hybridized carbons (Fsp3) is 0.929. The Morgan fingerprint density at radius 3 is 2.52 bits per heavy atom. The van der Waals surface area contributed by atoms with Gasteiger partial charge in [0.2, 0.25) is 0 Å². The van der Waals surface area contributed by atoms with Crippen LogP contribution in [0.5, 0.6) is 0 Å². The molecule has 4 aliphatic carbocycles. The van der Waals surface area contributed by atoms with Crippen molar-refractivity contribution in [2.24, 2.45) is 46.3 Å². The monoisotopic (exact) mass is 400 g/mol. The molecule has 29 heavy (non-hydrogen) atoms. The van der Waals surface area contributed by atoms with Crippen molar-refractivity contribution in [3.8, 4) is 0 Å².